The number of ether oxygens (including phenoxy) is 2. The van der Waals surface area contributed by atoms with Crippen LogP contribution >= 0.6 is 0 Å². The van der Waals surface area contributed by atoms with Crippen molar-refractivity contribution in [1.29, 1.82) is 0 Å². The summed E-state index contributed by atoms with van der Waals surface area (Å²) in [5, 5.41) is 13.5. The number of nitrogens with two attached hydrogens (primary N) is 3. The molecule has 5 saturated heterocycles. The number of aromatic nitrogens is 13. The third kappa shape index (κ3) is 13.9. The topological polar surface area (TPSA) is 289 Å². The number of fused-ring (bicyclic) bond motifs is 9. The number of amidine groups is 1. The van der Waals surface area contributed by atoms with Gasteiger partial charge >= 0.3 is 0 Å². The van der Waals surface area contributed by atoms with Crippen molar-refractivity contribution in [2.75, 3.05) is 96.6 Å². The predicted molar refractivity (Wildman–Crippen MR) is 455 cm³/mol. The van der Waals surface area contributed by atoms with E-state index in [1.807, 2.05) is 71.7 Å². The predicted octanol–water partition coefficient (Wildman–Crippen LogP) is 13.8. The van der Waals surface area contributed by atoms with Crippen molar-refractivity contribution in [2.45, 2.75) is 186 Å². The van der Waals surface area contributed by atoms with Gasteiger partial charge in [0.2, 0.25) is 0 Å². The highest BCUT2D eigenvalue weighted by Gasteiger charge is 2.49. The Morgan fingerprint density at radius 2 is 0.862 bits per heavy atom. The molecule has 600 valence electrons. The molecule has 17 heterocycles. The van der Waals surface area contributed by atoms with Crippen molar-refractivity contribution in [3.63, 3.8) is 0 Å². The van der Waals surface area contributed by atoms with Crippen molar-refractivity contribution in [2.24, 2.45) is 38.4 Å². The maximum Gasteiger partial charge on any atom is 0.183 e. The fourth-order valence-electron chi connectivity index (χ4n) is 21.0. The van der Waals surface area contributed by atoms with E-state index < -0.39 is 0 Å². The molecule has 9 aliphatic heterocycles. The maximum absolute atomic E-state index is 6.84. The van der Waals surface area contributed by atoms with Crippen LogP contribution in [-0.4, -0.2) is 142 Å². The first kappa shape index (κ1) is 75.7. The van der Waals surface area contributed by atoms with E-state index in [0.717, 1.165) is 290 Å². The quantitative estimate of drug-likeness (QED) is 0.120. The zero-order valence-electron chi connectivity index (χ0n) is 66.1. The summed E-state index contributed by atoms with van der Waals surface area (Å²) in [6.07, 6.45) is 33.7. The van der Waals surface area contributed by atoms with E-state index in [2.05, 4.69) is 141 Å². The van der Waals surface area contributed by atoms with Crippen molar-refractivity contribution in [1.82, 2.24) is 69.7 Å². The van der Waals surface area contributed by atoms with E-state index in [-0.39, 0.29) is 48.8 Å². The van der Waals surface area contributed by atoms with Crippen LogP contribution in [0.1, 0.15) is 202 Å². The SMILES string of the molecule is C.Cc1cnc2c(N3CCCc4ncccc43)nn(C3CCCCO3)c2n1.NC1c2ccccc2CC12CCN(c1cnc3c(N4CCCc5ncccc54)nn(C4CCCCO4)c3n1)CC2.NC1c2ccccc2CC12CCN(c1cnc3c(n1)CN=C3N1CCCc3ncccc31)CC2.NC1c2ccccc2CC12CCNCC2. The van der Waals surface area contributed by atoms with Crippen molar-refractivity contribution >= 4 is 68.5 Å². The van der Waals surface area contributed by atoms with Crippen LogP contribution in [0.15, 0.2) is 151 Å². The normalized spacial score (nSPS) is 23.0. The summed E-state index contributed by atoms with van der Waals surface area (Å²) in [4.78, 5) is 59.7. The molecule has 0 amide bonds. The number of nitrogens with zero attached hydrogens (tertiary/aromatic N) is 19. The molecule has 25 nitrogen and oxygen atoms in total. The first-order chi connectivity index (χ1) is 56.5. The lowest BCUT2D eigenvalue weighted by atomic mass is 9.73. The minimum absolute atomic E-state index is 0. The number of pyridine rings is 3. The van der Waals surface area contributed by atoms with Gasteiger partial charge in [-0.25, -0.2) is 39.3 Å². The Morgan fingerprint density at radius 3 is 1.34 bits per heavy atom. The number of aryl methyl sites for hydroxylation is 4. The number of benzene rings is 3. The van der Waals surface area contributed by atoms with E-state index in [1.165, 1.54) is 52.6 Å². The molecule has 3 spiro atoms. The van der Waals surface area contributed by atoms with Gasteiger partial charge in [0.05, 0.1) is 64.5 Å². The summed E-state index contributed by atoms with van der Waals surface area (Å²) in [5.41, 5.74) is 41.9. The Bertz CT molecular complexity index is 5410. The first-order valence-corrected chi connectivity index (χ1v) is 42.5. The summed E-state index contributed by atoms with van der Waals surface area (Å²) in [5.74, 6) is 4.53. The Kier molecular flexibility index (Phi) is 20.9. The second kappa shape index (κ2) is 32.0. The van der Waals surface area contributed by atoms with Crippen LogP contribution in [0, 0.1) is 23.2 Å². The Hall–Kier alpha value is -10.3. The fraction of sp³-hybridized carbons (Fsp3) is 0.473. The van der Waals surface area contributed by atoms with Crippen LogP contribution in [0.5, 0.6) is 0 Å². The van der Waals surface area contributed by atoms with Gasteiger partial charge in [-0.2, -0.15) is 0 Å². The van der Waals surface area contributed by atoms with Gasteiger partial charge in [0.25, 0.3) is 0 Å². The maximum atomic E-state index is 6.84. The average molecular weight is 1560 g/mol. The molecular weight excluding hydrogens is 1450 g/mol. The third-order valence-electron chi connectivity index (χ3n) is 27.3. The van der Waals surface area contributed by atoms with Gasteiger partial charge in [-0.1, -0.05) is 80.2 Å². The average Bonchev–Trinajstić information content (AvgIpc) is 1.60. The van der Waals surface area contributed by atoms with E-state index >= 15 is 0 Å². The standard InChI is InChI=1S/C31H36N8O.C27H29N7.C19H22N6O.C13H18N2.CH4/c32-28-22-8-2-1-7-21(22)19-31(28)12-16-37(17-13-31)25-20-34-27-29(35-25)39(26-11-3-4-18-40-26)36-30(27)38-15-6-9-23-24(38)10-5-14-33-23;28-25-19-6-2-1-5-18(19)15-27(25)9-13-33(14-10-27)23-17-30-24-21(32-23)16-31-26(24)34-12-4-7-20-22(34)8-3-11-29-20;1-13-12-21-17-18(22-13)25(16-8-2-3-11-26-16)23-19(17)24-10-5-6-14-15(24)7-4-9-20-14;14-12-11-4-2-1-3-10(11)9-13(12)5-7-15-8-6-13;/h1-2,5,7-8,10,14,20,26,28H,3-4,6,9,11-13,15-19,32H2;1-3,5-6,8,11,17,25H,4,7,9-10,12-16,28H2;4,7,9,12,16H,2-3,5-6,8,10-11H2,1H3;1-4,12,15H,5-9,14H2;1H4. The molecule has 116 heavy (non-hydrogen) atoms. The number of rotatable bonds is 6. The summed E-state index contributed by atoms with van der Waals surface area (Å²) in [6, 6.07) is 39.0. The molecule has 0 radical (unpaired) electrons. The number of anilines is 7. The van der Waals surface area contributed by atoms with E-state index in [1.54, 1.807) is 0 Å². The molecule has 3 aliphatic carbocycles. The number of nitrogens with one attached hydrogen (secondary N) is 1. The molecule has 12 aliphatic rings. The smallest absolute Gasteiger partial charge is 0.183 e. The largest absolute Gasteiger partial charge is 0.356 e. The molecule has 25 heteroatoms. The number of piperidine rings is 3. The number of aliphatic imine (C=N–C) groups is 1. The third-order valence-corrected chi connectivity index (χ3v) is 27.3. The Labute approximate surface area is 679 Å². The van der Waals surface area contributed by atoms with Crippen molar-refractivity contribution in [3.05, 3.63) is 214 Å². The van der Waals surface area contributed by atoms with Gasteiger partial charge < -0.3 is 56.5 Å². The van der Waals surface area contributed by atoms with Crippen LogP contribution < -0.4 is 47.0 Å². The molecule has 8 aromatic heterocycles. The highest BCUT2D eigenvalue weighted by Crippen LogP contribution is 2.54. The van der Waals surface area contributed by atoms with Gasteiger partial charge in [0, 0.05) is 102 Å². The monoisotopic (exact) mass is 1560 g/mol. The zero-order valence-corrected chi connectivity index (χ0v) is 66.1. The van der Waals surface area contributed by atoms with E-state index in [4.69, 9.17) is 66.8 Å². The first-order valence-electron chi connectivity index (χ1n) is 42.5. The van der Waals surface area contributed by atoms with Crippen LogP contribution in [-0.2, 0) is 54.5 Å². The lowest BCUT2D eigenvalue weighted by Crippen LogP contribution is -2.44. The van der Waals surface area contributed by atoms with Gasteiger partial charge in [-0.05, 0) is 241 Å². The van der Waals surface area contributed by atoms with E-state index in [9.17, 15) is 0 Å². The van der Waals surface area contributed by atoms with Gasteiger partial charge in [-0.15, -0.1) is 10.2 Å². The molecule has 3 aromatic carbocycles. The number of hydrogen-bond acceptors (Lipinski definition) is 23. The zero-order chi connectivity index (χ0) is 77.2. The molecule has 0 bridgehead atoms. The van der Waals surface area contributed by atoms with Crippen LogP contribution in [0.2, 0.25) is 0 Å². The summed E-state index contributed by atoms with van der Waals surface area (Å²) >= 11 is 0. The molecule has 5 unspecified atom stereocenters. The second-order valence-corrected chi connectivity index (χ2v) is 34.0. The van der Waals surface area contributed by atoms with Crippen molar-refractivity contribution in [3.8, 4) is 0 Å². The molecular formula is C91H109N23O2. The molecule has 23 rings (SSSR count). The molecule has 7 N–H and O–H groups in total. The number of hydrogen-bond donors (Lipinski definition) is 4. The van der Waals surface area contributed by atoms with Gasteiger partial charge in [0.15, 0.2) is 52.3 Å². The molecule has 11 aromatic rings. The van der Waals surface area contributed by atoms with E-state index in [0.29, 0.717) is 12.0 Å². The lowest BCUT2D eigenvalue weighted by Gasteiger charge is -2.42. The highest BCUT2D eigenvalue weighted by atomic mass is 16.5. The Balaban J connectivity index is 0.000000108. The van der Waals surface area contributed by atoms with Crippen LogP contribution in [0.3, 0.4) is 0 Å². The summed E-state index contributed by atoms with van der Waals surface area (Å²) in [7, 11) is 0. The van der Waals surface area contributed by atoms with Crippen molar-refractivity contribution < 1.29 is 9.47 Å². The molecule has 0 saturated carbocycles. The Morgan fingerprint density at radius 1 is 0.431 bits per heavy atom. The fourth-order valence-corrected chi connectivity index (χ4v) is 21.0. The minimum atomic E-state index is -0.118. The summed E-state index contributed by atoms with van der Waals surface area (Å²) < 4.78 is 16.1. The summed E-state index contributed by atoms with van der Waals surface area (Å²) in [6.45, 7) is 12.9. The van der Waals surface area contributed by atoms with Crippen LogP contribution in [0.4, 0.5) is 40.3 Å². The lowest BCUT2D eigenvalue weighted by molar-refractivity contribution is -0.0370. The van der Waals surface area contributed by atoms with Crippen LogP contribution in [0.25, 0.3) is 22.3 Å². The minimum Gasteiger partial charge on any atom is -0.356 e. The van der Waals surface area contributed by atoms with Gasteiger partial charge in [0.1, 0.15) is 17.3 Å². The molecule has 5 fully saturated rings. The molecule has 5 atom stereocenters. The second-order valence-electron chi connectivity index (χ2n) is 34.0. The highest BCUT2D eigenvalue weighted by molar-refractivity contribution is 6.11. The van der Waals surface area contributed by atoms with Gasteiger partial charge in [-0.3, -0.25) is 19.9 Å².